The monoisotopic (exact) mass is 467 g/mol. The van der Waals surface area contributed by atoms with E-state index >= 15 is 0 Å². The van der Waals surface area contributed by atoms with Crippen molar-refractivity contribution in [2.75, 3.05) is 31.5 Å². The second-order valence-electron chi connectivity index (χ2n) is 5.48. The minimum atomic E-state index is -0.610. The van der Waals surface area contributed by atoms with E-state index in [0.29, 0.717) is 15.7 Å². The molecule has 0 atom stereocenters. The van der Waals surface area contributed by atoms with Crippen molar-refractivity contribution in [3.8, 4) is 0 Å². The van der Waals surface area contributed by atoms with Crippen molar-refractivity contribution in [1.82, 2.24) is 4.98 Å². The van der Waals surface area contributed by atoms with Gasteiger partial charge >= 0.3 is 17.9 Å². The summed E-state index contributed by atoms with van der Waals surface area (Å²) in [5.74, 6) is -1.65. The number of anilines is 2. The van der Waals surface area contributed by atoms with Gasteiger partial charge in [-0.05, 0) is 44.3 Å². The number of hydrogen-bond acceptors (Lipinski definition) is 9. The van der Waals surface area contributed by atoms with Crippen molar-refractivity contribution in [2.45, 2.75) is 27.7 Å². The van der Waals surface area contributed by atoms with Crippen LogP contribution in [0, 0.1) is 6.92 Å². The van der Waals surface area contributed by atoms with Gasteiger partial charge in [-0.2, -0.15) is 0 Å². The lowest BCUT2D eigenvalue weighted by atomic mass is 10.1. The maximum Gasteiger partial charge on any atom is 0.350 e. The fourth-order valence-electron chi connectivity index (χ4n) is 2.27. The number of thiazole rings is 1. The number of methoxy groups -OCH3 is 2. The van der Waals surface area contributed by atoms with Crippen LogP contribution in [0.5, 0.6) is 0 Å². The molecular formula is C20H25N3O6S2. The fourth-order valence-corrected chi connectivity index (χ4v) is 3.40. The van der Waals surface area contributed by atoms with Crippen LogP contribution in [0.4, 0.5) is 10.8 Å². The number of hydrogen-bond donors (Lipinski definition) is 2. The lowest BCUT2D eigenvalue weighted by Gasteiger charge is -2.13. The van der Waals surface area contributed by atoms with E-state index in [1.165, 1.54) is 32.4 Å². The molecule has 2 N–H and O–H groups in total. The third kappa shape index (κ3) is 7.00. The summed E-state index contributed by atoms with van der Waals surface area (Å²) < 4.78 is 14.4. The van der Waals surface area contributed by atoms with E-state index in [-0.39, 0.29) is 28.5 Å². The Labute approximate surface area is 190 Å². The molecule has 168 valence electrons. The summed E-state index contributed by atoms with van der Waals surface area (Å²) in [6.07, 6.45) is 0. The summed E-state index contributed by atoms with van der Waals surface area (Å²) in [6.45, 7) is 7.65. The lowest BCUT2D eigenvalue weighted by Crippen LogP contribution is -2.21. The van der Waals surface area contributed by atoms with E-state index in [0.717, 1.165) is 11.3 Å². The smallest absolute Gasteiger partial charge is 0.350 e. The molecule has 0 amide bonds. The zero-order valence-electron chi connectivity index (χ0n) is 18.2. The predicted octanol–water partition coefficient (Wildman–Crippen LogP) is 4.04. The Balaban J connectivity index is 0.00000233. The third-order valence-corrected chi connectivity index (χ3v) is 4.83. The summed E-state index contributed by atoms with van der Waals surface area (Å²) in [6, 6.07) is 4.29. The van der Waals surface area contributed by atoms with Crippen molar-refractivity contribution < 1.29 is 28.6 Å². The molecule has 0 aliphatic carbocycles. The molecule has 0 spiro atoms. The van der Waals surface area contributed by atoms with Crippen molar-refractivity contribution in [2.24, 2.45) is 0 Å². The molecule has 0 unspecified atom stereocenters. The summed E-state index contributed by atoms with van der Waals surface area (Å²) in [4.78, 5) is 40.3. The Kier molecular flexibility index (Phi) is 10.6. The number of ether oxygens (including phenoxy) is 3. The van der Waals surface area contributed by atoms with Crippen molar-refractivity contribution >= 4 is 57.4 Å². The summed E-state index contributed by atoms with van der Waals surface area (Å²) in [5, 5.41) is 6.15. The third-order valence-electron chi connectivity index (χ3n) is 3.57. The van der Waals surface area contributed by atoms with Crippen LogP contribution in [-0.4, -0.2) is 48.8 Å². The Morgan fingerprint density at radius 2 is 1.71 bits per heavy atom. The highest BCUT2D eigenvalue weighted by Gasteiger charge is 2.19. The number of esters is 3. The predicted molar refractivity (Wildman–Crippen MR) is 123 cm³/mol. The number of carbonyl (C=O) groups is 3. The topological polar surface area (TPSA) is 116 Å². The van der Waals surface area contributed by atoms with Crippen LogP contribution in [0.25, 0.3) is 0 Å². The Bertz CT molecular complexity index is 958. The molecule has 0 aliphatic rings. The Morgan fingerprint density at radius 3 is 2.29 bits per heavy atom. The van der Waals surface area contributed by atoms with Crippen LogP contribution in [0.3, 0.4) is 0 Å². The van der Waals surface area contributed by atoms with E-state index in [9.17, 15) is 14.4 Å². The molecule has 31 heavy (non-hydrogen) atoms. The number of aryl methyl sites for hydroxylation is 1. The largest absolute Gasteiger partial charge is 0.465 e. The van der Waals surface area contributed by atoms with Crippen LogP contribution in [-0.2, 0) is 14.2 Å². The van der Waals surface area contributed by atoms with E-state index in [2.05, 4.69) is 15.6 Å². The first-order valence-electron chi connectivity index (χ1n) is 9.33. The van der Waals surface area contributed by atoms with Gasteiger partial charge in [0.15, 0.2) is 10.2 Å². The van der Waals surface area contributed by atoms with Crippen LogP contribution < -0.4 is 10.6 Å². The summed E-state index contributed by atoms with van der Waals surface area (Å²) >= 11 is 6.35. The van der Waals surface area contributed by atoms with Gasteiger partial charge in [0.05, 0.1) is 43.3 Å². The number of benzene rings is 1. The maximum atomic E-state index is 12.0. The number of nitrogens with one attached hydrogen (secondary N) is 2. The molecule has 2 rings (SSSR count). The van der Waals surface area contributed by atoms with E-state index in [4.69, 9.17) is 26.4 Å². The average Bonchev–Trinajstić information content (AvgIpc) is 3.13. The minimum absolute atomic E-state index is 0.0985. The Morgan fingerprint density at radius 1 is 1.06 bits per heavy atom. The quantitative estimate of drug-likeness (QED) is 0.366. The zero-order chi connectivity index (χ0) is 23.6. The van der Waals surface area contributed by atoms with Crippen LogP contribution in [0.1, 0.15) is 56.9 Å². The van der Waals surface area contributed by atoms with Gasteiger partial charge in [-0.15, -0.1) is 0 Å². The van der Waals surface area contributed by atoms with E-state index < -0.39 is 17.9 Å². The lowest BCUT2D eigenvalue weighted by molar-refractivity contribution is 0.0529. The average molecular weight is 468 g/mol. The second kappa shape index (κ2) is 12.6. The molecule has 0 radical (unpaired) electrons. The molecule has 0 saturated heterocycles. The van der Waals surface area contributed by atoms with Gasteiger partial charge in [0.1, 0.15) is 4.88 Å². The maximum absolute atomic E-state index is 12.0. The molecule has 0 aliphatic heterocycles. The van der Waals surface area contributed by atoms with Gasteiger partial charge in [0.25, 0.3) is 0 Å². The van der Waals surface area contributed by atoms with Crippen LogP contribution in [0.2, 0.25) is 0 Å². The standard InChI is InChI=1S/C18H19N3O6S2.C2H6/c1-5-27-16(24)13-9(2)19-18(29-13)21-17(28)20-12-8-10(14(22)25-3)6-7-11(12)15(23)26-4;1-2/h6-8H,5H2,1-4H3,(H2,19,20,21,28);1-2H3. The molecule has 2 aromatic rings. The molecule has 0 fully saturated rings. The van der Waals surface area contributed by atoms with Gasteiger partial charge in [0, 0.05) is 0 Å². The van der Waals surface area contributed by atoms with Gasteiger partial charge in [0.2, 0.25) is 0 Å². The Hall–Kier alpha value is -3.05. The van der Waals surface area contributed by atoms with Crippen LogP contribution in [0.15, 0.2) is 18.2 Å². The van der Waals surface area contributed by atoms with Gasteiger partial charge < -0.3 is 24.8 Å². The van der Waals surface area contributed by atoms with Crippen molar-refractivity contribution in [1.29, 1.82) is 0 Å². The summed E-state index contributed by atoms with van der Waals surface area (Å²) in [5.41, 5.74) is 1.14. The number of nitrogens with zero attached hydrogens (tertiary/aromatic N) is 1. The molecule has 0 bridgehead atoms. The van der Waals surface area contributed by atoms with Crippen molar-refractivity contribution in [3.05, 3.63) is 39.9 Å². The molecule has 11 heteroatoms. The first-order valence-corrected chi connectivity index (χ1v) is 10.6. The molecule has 1 heterocycles. The van der Waals surface area contributed by atoms with E-state index in [1.54, 1.807) is 13.8 Å². The number of rotatable bonds is 6. The summed E-state index contributed by atoms with van der Waals surface area (Å²) in [7, 11) is 2.49. The minimum Gasteiger partial charge on any atom is -0.465 e. The number of carbonyl (C=O) groups excluding carboxylic acids is 3. The van der Waals surface area contributed by atoms with Crippen LogP contribution >= 0.6 is 23.6 Å². The molecule has 0 saturated carbocycles. The normalized spacial score (nSPS) is 9.61. The van der Waals surface area contributed by atoms with Crippen molar-refractivity contribution in [3.63, 3.8) is 0 Å². The zero-order valence-corrected chi connectivity index (χ0v) is 19.8. The number of thiocarbonyl (C=S) groups is 1. The molecule has 1 aromatic carbocycles. The highest BCUT2D eigenvalue weighted by Crippen LogP contribution is 2.24. The highest BCUT2D eigenvalue weighted by atomic mass is 32.1. The molecular weight excluding hydrogens is 442 g/mol. The first-order chi connectivity index (χ1) is 14.8. The molecule has 1 aromatic heterocycles. The van der Waals surface area contributed by atoms with Gasteiger partial charge in [-0.3, -0.25) is 0 Å². The number of aromatic nitrogens is 1. The second-order valence-corrected chi connectivity index (χ2v) is 6.88. The first kappa shape index (κ1) is 26.0. The van der Waals surface area contributed by atoms with E-state index in [1.807, 2.05) is 13.8 Å². The van der Waals surface area contributed by atoms with Gasteiger partial charge in [-0.1, -0.05) is 25.2 Å². The highest BCUT2D eigenvalue weighted by molar-refractivity contribution is 7.80. The molecule has 9 nitrogen and oxygen atoms in total. The van der Waals surface area contributed by atoms with Gasteiger partial charge in [-0.25, -0.2) is 19.4 Å². The SMILES string of the molecule is CC.CCOC(=O)c1sc(NC(=S)Nc2cc(C(=O)OC)ccc2C(=O)OC)nc1C. The fraction of sp³-hybridized carbons (Fsp3) is 0.350.